The van der Waals surface area contributed by atoms with Crippen LogP contribution in [0.3, 0.4) is 0 Å². The number of aryl methyl sites for hydroxylation is 1. The molecule has 0 fully saturated rings. The molecule has 0 N–H and O–H groups in total. The number of nitrogens with zero attached hydrogens (tertiary/aromatic N) is 1. The molecular weight excluding hydrogens is 238 g/mol. The van der Waals surface area contributed by atoms with E-state index in [2.05, 4.69) is 17.1 Å². The summed E-state index contributed by atoms with van der Waals surface area (Å²) in [6, 6.07) is 10.3. The second-order valence-electron chi connectivity index (χ2n) is 3.74. The van der Waals surface area contributed by atoms with E-state index in [0.29, 0.717) is 0 Å². The largest absolute Gasteiger partial charge is 0.253 e. The van der Waals surface area contributed by atoms with E-state index in [4.69, 9.17) is 11.6 Å². The third-order valence-corrected chi connectivity index (χ3v) is 3.84. The third-order valence-electron chi connectivity index (χ3n) is 2.53. The van der Waals surface area contributed by atoms with Crippen molar-refractivity contribution in [3.63, 3.8) is 0 Å². The molecule has 16 heavy (non-hydrogen) atoms. The number of hydrogen-bond donors (Lipinski definition) is 0. The Morgan fingerprint density at radius 1 is 1.25 bits per heavy atom. The van der Waals surface area contributed by atoms with Crippen LogP contribution in [0.4, 0.5) is 0 Å². The van der Waals surface area contributed by atoms with Crippen molar-refractivity contribution in [1.82, 2.24) is 4.98 Å². The molecule has 0 saturated carbocycles. The predicted octanol–water partition coefficient (Wildman–Crippen LogP) is 4.45. The van der Waals surface area contributed by atoms with Crippen LogP contribution < -0.4 is 0 Å². The first kappa shape index (κ1) is 11.6. The molecule has 0 saturated heterocycles. The summed E-state index contributed by atoms with van der Waals surface area (Å²) in [6.07, 6.45) is 5.16. The number of hydrogen-bond acceptors (Lipinski definition) is 2. The van der Waals surface area contributed by atoms with Gasteiger partial charge in [0.25, 0.3) is 0 Å². The summed E-state index contributed by atoms with van der Waals surface area (Å²) in [5, 5.41) is 0.133. The molecule has 2 aromatic rings. The van der Waals surface area contributed by atoms with E-state index in [1.54, 1.807) is 11.3 Å². The van der Waals surface area contributed by atoms with E-state index in [1.165, 1.54) is 10.4 Å². The van der Waals surface area contributed by atoms with Gasteiger partial charge in [-0.2, -0.15) is 0 Å². The predicted molar refractivity (Wildman–Crippen MR) is 70.1 cm³/mol. The van der Waals surface area contributed by atoms with E-state index in [0.717, 1.165) is 19.3 Å². The standard InChI is InChI=1S/C13H14ClNS/c14-13(11-5-2-1-3-6-11)8-4-7-12-9-15-10-16-12/h1-3,5-6,9-10,13H,4,7-8H2. The average Bonchev–Trinajstić information content (AvgIpc) is 2.83. The van der Waals surface area contributed by atoms with Gasteiger partial charge in [-0.15, -0.1) is 22.9 Å². The minimum absolute atomic E-state index is 0.133. The van der Waals surface area contributed by atoms with Crippen LogP contribution in [-0.2, 0) is 6.42 Å². The fraction of sp³-hybridized carbons (Fsp3) is 0.308. The number of benzene rings is 1. The lowest BCUT2D eigenvalue weighted by molar-refractivity contribution is 0.721. The molecular formula is C13H14ClNS. The van der Waals surface area contributed by atoms with Gasteiger partial charge in [0.1, 0.15) is 0 Å². The highest BCUT2D eigenvalue weighted by Crippen LogP contribution is 2.26. The normalized spacial score (nSPS) is 12.6. The van der Waals surface area contributed by atoms with Gasteiger partial charge in [-0.05, 0) is 24.8 Å². The molecule has 0 aliphatic rings. The third kappa shape index (κ3) is 3.32. The maximum Gasteiger partial charge on any atom is 0.0794 e. The molecule has 1 nitrogen and oxygen atoms in total. The summed E-state index contributed by atoms with van der Waals surface area (Å²) in [5.74, 6) is 0. The maximum absolute atomic E-state index is 6.33. The highest BCUT2D eigenvalue weighted by atomic mass is 35.5. The highest BCUT2D eigenvalue weighted by Gasteiger charge is 2.06. The lowest BCUT2D eigenvalue weighted by Gasteiger charge is -2.08. The number of aromatic nitrogens is 1. The fourth-order valence-electron chi connectivity index (χ4n) is 1.65. The molecule has 2 rings (SSSR count). The number of alkyl halides is 1. The van der Waals surface area contributed by atoms with Crippen LogP contribution in [0, 0.1) is 0 Å². The Hall–Kier alpha value is -0.860. The first-order valence-electron chi connectivity index (χ1n) is 5.42. The van der Waals surface area contributed by atoms with Crippen LogP contribution in [0.5, 0.6) is 0 Å². The van der Waals surface area contributed by atoms with Crippen LogP contribution in [-0.4, -0.2) is 4.98 Å². The SMILES string of the molecule is ClC(CCCc1cncs1)c1ccccc1. The van der Waals surface area contributed by atoms with Gasteiger partial charge in [-0.25, -0.2) is 0 Å². The molecule has 0 amide bonds. The lowest BCUT2D eigenvalue weighted by atomic mass is 10.1. The quantitative estimate of drug-likeness (QED) is 0.716. The van der Waals surface area contributed by atoms with Crippen molar-refractivity contribution in [3.05, 3.63) is 52.5 Å². The Balaban J connectivity index is 1.78. The molecule has 1 heterocycles. The molecule has 84 valence electrons. The second-order valence-corrected chi connectivity index (χ2v) is 5.24. The fourth-order valence-corrected chi connectivity index (χ4v) is 2.59. The highest BCUT2D eigenvalue weighted by molar-refractivity contribution is 7.09. The first-order chi connectivity index (χ1) is 7.86. The van der Waals surface area contributed by atoms with Crippen LogP contribution in [0.2, 0.25) is 0 Å². The average molecular weight is 252 g/mol. The van der Waals surface area contributed by atoms with Gasteiger partial charge in [-0.3, -0.25) is 4.98 Å². The van der Waals surface area contributed by atoms with Crippen molar-refractivity contribution in [1.29, 1.82) is 0 Å². The molecule has 0 radical (unpaired) electrons. The minimum atomic E-state index is 0.133. The van der Waals surface area contributed by atoms with Gasteiger partial charge in [0.2, 0.25) is 0 Å². The Labute approximate surface area is 105 Å². The first-order valence-corrected chi connectivity index (χ1v) is 6.74. The van der Waals surface area contributed by atoms with Gasteiger partial charge < -0.3 is 0 Å². The topological polar surface area (TPSA) is 12.9 Å². The molecule has 0 aliphatic carbocycles. The summed E-state index contributed by atoms with van der Waals surface area (Å²) in [4.78, 5) is 5.41. The zero-order valence-electron chi connectivity index (χ0n) is 8.97. The van der Waals surface area contributed by atoms with Crippen molar-refractivity contribution in [2.24, 2.45) is 0 Å². The monoisotopic (exact) mass is 251 g/mol. The zero-order chi connectivity index (χ0) is 11.2. The van der Waals surface area contributed by atoms with Crippen molar-refractivity contribution in [2.45, 2.75) is 24.6 Å². The molecule has 1 atom stereocenters. The molecule has 0 spiro atoms. The Bertz CT molecular complexity index is 399. The van der Waals surface area contributed by atoms with E-state index in [-0.39, 0.29) is 5.38 Å². The van der Waals surface area contributed by atoms with Crippen LogP contribution >= 0.6 is 22.9 Å². The van der Waals surface area contributed by atoms with Gasteiger partial charge in [0.15, 0.2) is 0 Å². The second kappa shape index (κ2) is 6.02. The van der Waals surface area contributed by atoms with Crippen LogP contribution in [0.25, 0.3) is 0 Å². The molecule has 0 bridgehead atoms. The lowest BCUT2D eigenvalue weighted by Crippen LogP contribution is -1.91. The van der Waals surface area contributed by atoms with E-state index >= 15 is 0 Å². The number of thiazole rings is 1. The molecule has 1 unspecified atom stereocenters. The van der Waals surface area contributed by atoms with Gasteiger partial charge in [-0.1, -0.05) is 30.3 Å². The van der Waals surface area contributed by atoms with Gasteiger partial charge in [0.05, 0.1) is 10.9 Å². The van der Waals surface area contributed by atoms with Crippen molar-refractivity contribution in [2.75, 3.05) is 0 Å². The van der Waals surface area contributed by atoms with Crippen molar-refractivity contribution >= 4 is 22.9 Å². The summed E-state index contributed by atoms with van der Waals surface area (Å²) >= 11 is 8.05. The number of rotatable bonds is 5. The smallest absolute Gasteiger partial charge is 0.0794 e. The van der Waals surface area contributed by atoms with E-state index < -0.39 is 0 Å². The van der Waals surface area contributed by atoms with Crippen LogP contribution in [0.15, 0.2) is 42.0 Å². The van der Waals surface area contributed by atoms with Gasteiger partial charge >= 0.3 is 0 Å². The van der Waals surface area contributed by atoms with Gasteiger partial charge in [0, 0.05) is 11.1 Å². The minimum Gasteiger partial charge on any atom is -0.253 e. The molecule has 0 aliphatic heterocycles. The van der Waals surface area contributed by atoms with E-state index in [1.807, 2.05) is 29.9 Å². The Morgan fingerprint density at radius 3 is 2.75 bits per heavy atom. The Kier molecular flexibility index (Phi) is 4.37. The van der Waals surface area contributed by atoms with Crippen molar-refractivity contribution in [3.8, 4) is 0 Å². The van der Waals surface area contributed by atoms with E-state index in [9.17, 15) is 0 Å². The molecule has 1 aromatic heterocycles. The molecule has 1 aromatic carbocycles. The Morgan fingerprint density at radius 2 is 2.06 bits per heavy atom. The van der Waals surface area contributed by atoms with Crippen LogP contribution in [0.1, 0.15) is 28.7 Å². The zero-order valence-corrected chi connectivity index (χ0v) is 10.5. The summed E-state index contributed by atoms with van der Waals surface area (Å²) in [6.45, 7) is 0. The maximum atomic E-state index is 6.33. The molecule has 3 heteroatoms. The summed E-state index contributed by atoms with van der Waals surface area (Å²) in [5.41, 5.74) is 3.10. The summed E-state index contributed by atoms with van der Waals surface area (Å²) in [7, 11) is 0. The number of halogens is 1. The van der Waals surface area contributed by atoms with Crippen molar-refractivity contribution < 1.29 is 0 Å². The summed E-state index contributed by atoms with van der Waals surface area (Å²) < 4.78 is 0.